The van der Waals surface area contributed by atoms with Crippen molar-refractivity contribution in [2.45, 2.75) is 27.7 Å². The van der Waals surface area contributed by atoms with Crippen molar-refractivity contribution in [3.05, 3.63) is 201 Å². The summed E-state index contributed by atoms with van der Waals surface area (Å²) in [5.41, 5.74) is -2.16. The van der Waals surface area contributed by atoms with Gasteiger partial charge in [0.15, 0.2) is 11.6 Å². The molecule has 80 heavy (non-hydrogen) atoms. The first kappa shape index (κ1) is 53.2. The third kappa shape index (κ3) is 9.37. The van der Waals surface area contributed by atoms with Crippen LogP contribution in [0.2, 0.25) is 0 Å². The summed E-state index contributed by atoms with van der Waals surface area (Å²) in [5, 5.41) is 52.2. The number of nitrogens with zero attached hydrogens (tertiary/aromatic N) is 4. The van der Waals surface area contributed by atoms with Crippen LogP contribution < -0.4 is 19.9 Å². The third-order valence-corrected chi connectivity index (χ3v) is 18.9. The number of carbonyl (C=O) groups excluding carboxylic acids is 4. The molecule has 2 aliphatic heterocycles. The van der Waals surface area contributed by atoms with Gasteiger partial charge in [-0.05, 0) is 129 Å². The van der Waals surface area contributed by atoms with E-state index in [2.05, 4.69) is 27.7 Å². The molecule has 20 nitrogen and oxygen atoms in total. The van der Waals surface area contributed by atoms with Crippen molar-refractivity contribution in [1.29, 1.82) is 0 Å². The molecule has 7 aromatic carbocycles. The summed E-state index contributed by atoms with van der Waals surface area (Å²) in [5.74, 6) is -2.44. The van der Waals surface area contributed by atoms with Crippen molar-refractivity contribution in [2.24, 2.45) is 0 Å². The second-order valence-corrected chi connectivity index (χ2v) is 23.7. The van der Waals surface area contributed by atoms with Crippen LogP contribution in [0.1, 0.15) is 80.3 Å². The van der Waals surface area contributed by atoms with Crippen LogP contribution in [-0.4, -0.2) is 69.6 Å². The predicted molar refractivity (Wildman–Crippen MR) is 303 cm³/mol. The summed E-state index contributed by atoms with van der Waals surface area (Å²) in [4.78, 5) is 103. The van der Waals surface area contributed by atoms with Gasteiger partial charge in [0.1, 0.15) is 37.9 Å². The van der Waals surface area contributed by atoms with E-state index in [0.29, 0.717) is 11.5 Å². The van der Waals surface area contributed by atoms with Gasteiger partial charge in [0.05, 0.1) is 39.3 Å². The Morgan fingerprint density at radius 1 is 0.412 bits per heavy atom. The zero-order chi connectivity index (χ0) is 56.6. The minimum Gasteiger partial charge on any atom is -0.490 e. The monoisotopic (exact) mass is 1150 g/mol. The highest BCUT2D eigenvalue weighted by Crippen LogP contribution is 2.52. The molecule has 0 saturated heterocycles. The maximum absolute atomic E-state index is 13.7. The molecule has 24 heteroatoms. The molecule has 0 radical (unpaired) electrons. The number of ketones is 2. The molecule has 0 unspecified atom stereocenters. The smallest absolute Gasteiger partial charge is 0.339 e. The van der Waals surface area contributed by atoms with Crippen LogP contribution in [0.15, 0.2) is 117 Å². The van der Waals surface area contributed by atoms with E-state index in [1.807, 2.05) is 24.3 Å². The minimum absolute atomic E-state index is 0.0667. The van der Waals surface area contributed by atoms with E-state index >= 15 is 0 Å². The average molecular weight is 1150 g/mol. The maximum Gasteiger partial charge on any atom is 0.339 e. The van der Waals surface area contributed by atoms with Gasteiger partial charge in [-0.1, -0.05) is 47.0 Å². The summed E-state index contributed by atoms with van der Waals surface area (Å²) in [6.45, 7) is 7.34. The Morgan fingerprint density at radius 3 is 1.11 bits per heavy atom. The highest BCUT2D eigenvalue weighted by molar-refractivity contribution is 8.36. The number of fused-ring (bicyclic) bond motifs is 8. The molecular formula is C56H36N4O16S4. The molecular weight excluding hydrogens is 1110 g/mol. The van der Waals surface area contributed by atoms with Crippen LogP contribution in [0, 0.1) is 40.5 Å². The summed E-state index contributed by atoms with van der Waals surface area (Å²) in [6, 6.07) is 22.6. The SMILES string of the molecule is CC1=C(C)SC(=c2c3ccc(OCCOC(=O)c4cc([N+](=O)[O-])cc5c4-c4ccc([N+](=O)[O-])cc4C5=O)cc3c(=C3SC(C)=C(C)S3)c3ccc(OCCOC(=O)c4cc([N+](=O)[O-])cc5c4-c4ccc([N+](=O)[O-])cc4C5=O)cc23)S1. The quantitative estimate of drug-likeness (QED) is 0.0321. The number of benzene rings is 7. The molecule has 2 heterocycles. The Bertz CT molecular complexity index is 4000. The number of esters is 2. The van der Waals surface area contributed by atoms with Gasteiger partial charge in [-0.15, -0.1) is 0 Å². The predicted octanol–water partition coefficient (Wildman–Crippen LogP) is 12.1. The fourth-order valence-electron chi connectivity index (χ4n) is 9.76. The molecule has 0 aromatic heterocycles. The van der Waals surface area contributed by atoms with Crippen molar-refractivity contribution in [1.82, 2.24) is 0 Å². The van der Waals surface area contributed by atoms with Crippen LogP contribution in [0.5, 0.6) is 11.5 Å². The van der Waals surface area contributed by atoms with Gasteiger partial charge in [-0.25, -0.2) is 9.59 Å². The Morgan fingerprint density at radius 2 is 0.762 bits per heavy atom. The van der Waals surface area contributed by atoms with Gasteiger partial charge >= 0.3 is 11.9 Å². The fourth-order valence-corrected chi connectivity index (χ4v) is 15.1. The number of non-ortho nitro benzene ring substituents is 4. The summed E-state index contributed by atoms with van der Waals surface area (Å²) in [6.07, 6.45) is 0. The second kappa shape index (κ2) is 20.8. The molecule has 0 bridgehead atoms. The van der Waals surface area contributed by atoms with Crippen LogP contribution >= 0.6 is 47.0 Å². The topological polar surface area (TPSA) is 278 Å². The maximum atomic E-state index is 13.7. The summed E-state index contributed by atoms with van der Waals surface area (Å²) in [7, 11) is 0. The first-order valence-corrected chi connectivity index (χ1v) is 27.3. The number of ether oxygens (including phenoxy) is 4. The number of allylic oxidation sites excluding steroid dienone is 4. The lowest BCUT2D eigenvalue weighted by Gasteiger charge is -2.15. The number of nitro benzene ring substituents is 4. The van der Waals surface area contributed by atoms with Crippen LogP contribution in [-0.2, 0) is 9.47 Å². The van der Waals surface area contributed by atoms with Gasteiger partial charge in [0, 0.05) is 92.3 Å². The Labute approximate surface area is 467 Å². The number of rotatable bonds is 14. The largest absolute Gasteiger partial charge is 0.490 e. The number of hydrogen-bond donors (Lipinski definition) is 0. The molecule has 0 saturated carbocycles. The number of hydrogen-bond acceptors (Lipinski definition) is 20. The highest BCUT2D eigenvalue weighted by Gasteiger charge is 2.37. The molecule has 0 atom stereocenters. The van der Waals surface area contributed by atoms with Crippen LogP contribution in [0.4, 0.5) is 22.7 Å². The van der Waals surface area contributed by atoms with E-state index in [4.69, 9.17) is 18.9 Å². The van der Waals surface area contributed by atoms with Crippen molar-refractivity contribution >= 4 is 123 Å². The van der Waals surface area contributed by atoms with Crippen LogP contribution in [0.3, 0.4) is 0 Å². The van der Waals surface area contributed by atoms with E-state index in [-0.39, 0.29) is 93.4 Å². The Balaban J connectivity index is 0.880. The van der Waals surface area contributed by atoms with Gasteiger partial charge in [-0.2, -0.15) is 0 Å². The van der Waals surface area contributed by atoms with Crippen LogP contribution in [0.25, 0.3) is 52.3 Å². The van der Waals surface area contributed by atoms with E-state index in [1.54, 1.807) is 59.2 Å². The molecule has 0 amide bonds. The lowest BCUT2D eigenvalue weighted by molar-refractivity contribution is -0.385. The molecule has 0 spiro atoms. The second-order valence-electron chi connectivity index (χ2n) is 18.3. The van der Waals surface area contributed by atoms with Gasteiger partial charge in [-0.3, -0.25) is 50.0 Å². The number of carbonyl (C=O) groups is 4. The summed E-state index contributed by atoms with van der Waals surface area (Å²) < 4.78 is 25.7. The van der Waals surface area contributed by atoms with E-state index in [0.717, 1.165) is 96.5 Å². The highest BCUT2D eigenvalue weighted by atomic mass is 32.2. The Kier molecular flexibility index (Phi) is 13.8. The van der Waals surface area contributed by atoms with Gasteiger partial charge in [0.2, 0.25) is 0 Å². The third-order valence-electron chi connectivity index (χ3n) is 13.7. The van der Waals surface area contributed by atoms with E-state index in [9.17, 15) is 59.6 Å². The number of thioether (sulfide) groups is 4. The zero-order valence-corrected chi connectivity index (χ0v) is 45.3. The molecule has 0 fully saturated rings. The van der Waals surface area contributed by atoms with Crippen molar-refractivity contribution in [3.8, 4) is 33.8 Å². The molecule has 4 aliphatic rings. The molecule has 7 aromatic rings. The fraction of sp³-hybridized carbons (Fsp3) is 0.143. The lowest BCUT2D eigenvalue weighted by Crippen LogP contribution is -2.18. The standard InChI is InChI=1S/C56H36N4O16S4/c1-25-26(2)78-55(77-25)49-35-11-7-34(74-14-16-76-54(64)46-22-32(60(71)72)20-44-48(46)38-10-6-30(58(67)68)18-42(38)52(44)62)24-40(35)50(56-79-27(3)28(4)80-56)36-12-8-33(23-39(36)49)73-13-15-75-53(63)45-21-31(59(69)70)19-43-47(45)37-9-5-29(57(65)66)17-41(37)51(43)61/h5-12,17-24H,13-16H2,1-4H3. The lowest BCUT2D eigenvalue weighted by atomic mass is 9.98. The zero-order valence-electron chi connectivity index (χ0n) is 42.0. The first-order valence-electron chi connectivity index (χ1n) is 24.0. The van der Waals surface area contributed by atoms with E-state index < -0.39 is 54.6 Å². The van der Waals surface area contributed by atoms with E-state index in [1.165, 1.54) is 24.3 Å². The first-order chi connectivity index (χ1) is 38.3. The van der Waals surface area contributed by atoms with Crippen molar-refractivity contribution < 1.29 is 57.8 Å². The number of nitro groups is 4. The average Bonchev–Trinajstić information content (AvgIpc) is 4.33. The van der Waals surface area contributed by atoms with Crippen molar-refractivity contribution in [3.63, 3.8) is 0 Å². The van der Waals surface area contributed by atoms with Gasteiger partial charge in [0.25, 0.3) is 22.7 Å². The molecule has 0 N–H and O–H groups in total. The Hall–Kier alpha value is -8.84. The minimum atomic E-state index is -0.965. The molecule has 2 aliphatic carbocycles. The molecule has 11 rings (SSSR count). The van der Waals surface area contributed by atoms with Crippen molar-refractivity contribution in [2.75, 3.05) is 26.4 Å². The summed E-state index contributed by atoms with van der Waals surface area (Å²) >= 11 is 6.57. The molecule has 400 valence electrons. The normalized spacial score (nSPS) is 14.2. The van der Waals surface area contributed by atoms with Gasteiger partial charge < -0.3 is 18.9 Å².